The van der Waals surface area contributed by atoms with E-state index in [9.17, 15) is 5.11 Å². The number of nitrogens with two attached hydrogens (primary N) is 1. The van der Waals surface area contributed by atoms with Crippen LogP contribution in [0.25, 0.3) is 0 Å². The van der Waals surface area contributed by atoms with E-state index in [-0.39, 0.29) is 0 Å². The van der Waals surface area contributed by atoms with Crippen LogP contribution in [-0.4, -0.2) is 5.11 Å². The Kier molecular flexibility index (Phi) is 4.24. The molecule has 1 atom stereocenters. The van der Waals surface area contributed by atoms with Crippen molar-refractivity contribution in [2.24, 2.45) is 0 Å². The van der Waals surface area contributed by atoms with Gasteiger partial charge in [0.05, 0.1) is 6.10 Å². The summed E-state index contributed by atoms with van der Waals surface area (Å²) in [6.07, 6.45) is 0.921. The SMILES string of the molecule is Nc1ccccc1[C@@H](O)CCc1ccc(Cl)cc1. The van der Waals surface area contributed by atoms with Crippen molar-refractivity contribution < 1.29 is 5.11 Å². The molecule has 94 valence electrons. The first kappa shape index (κ1) is 12.9. The van der Waals surface area contributed by atoms with E-state index in [0.29, 0.717) is 12.1 Å². The van der Waals surface area contributed by atoms with E-state index in [1.165, 1.54) is 0 Å². The molecule has 0 heterocycles. The van der Waals surface area contributed by atoms with Crippen molar-refractivity contribution in [3.05, 3.63) is 64.7 Å². The summed E-state index contributed by atoms with van der Waals surface area (Å²) < 4.78 is 0. The van der Waals surface area contributed by atoms with Crippen LogP contribution in [-0.2, 0) is 6.42 Å². The number of benzene rings is 2. The number of hydrogen-bond acceptors (Lipinski definition) is 2. The number of aryl methyl sites for hydroxylation is 1. The molecule has 0 aliphatic carbocycles. The number of halogens is 1. The van der Waals surface area contributed by atoms with Gasteiger partial charge < -0.3 is 10.8 Å². The summed E-state index contributed by atoms with van der Waals surface area (Å²) in [7, 11) is 0. The van der Waals surface area contributed by atoms with E-state index >= 15 is 0 Å². The average Bonchev–Trinajstić information content (AvgIpc) is 2.38. The molecule has 2 nitrogen and oxygen atoms in total. The fourth-order valence-corrected chi connectivity index (χ4v) is 2.05. The molecule has 0 amide bonds. The van der Waals surface area contributed by atoms with Gasteiger partial charge in [0, 0.05) is 16.3 Å². The third kappa shape index (κ3) is 3.25. The summed E-state index contributed by atoms with van der Waals surface area (Å²) >= 11 is 5.83. The molecular formula is C15H16ClNO. The van der Waals surface area contributed by atoms with Crippen LogP contribution >= 0.6 is 11.6 Å². The largest absolute Gasteiger partial charge is 0.398 e. The predicted octanol–water partition coefficient (Wildman–Crippen LogP) is 3.59. The molecule has 3 N–H and O–H groups in total. The Bertz CT molecular complexity index is 510. The fourth-order valence-electron chi connectivity index (χ4n) is 1.92. The first-order valence-electron chi connectivity index (χ1n) is 5.94. The highest BCUT2D eigenvalue weighted by molar-refractivity contribution is 6.30. The zero-order valence-corrected chi connectivity index (χ0v) is 10.8. The number of rotatable bonds is 4. The number of nitrogen functional groups attached to an aromatic ring is 1. The number of aliphatic hydroxyl groups excluding tert-OH is 1. The summed E-state index contributed by atoms with van der Waals surface area (Å²) in [5.74, 6) is 0. The molecule has 0 aromatic heterocycles. The van der Waals surface area contributed by atoms with E-state index in [1.54, 1.807) is 6.07 Å². The van der Waals surface area contributed by atoms with Gasteiger partial charge in [0.1, 0.15) is 0 Å². The Morgan fingerprint density at radius 2 is 1.72 bits per heavy atom. The Morgan fingerprint density at radius 3 is 2.39 bits per heavy atom. The van der Waals surface area contributed by atoms with Gasteiger partial charge >= 0.3 is 0 Å². The smallest absolute Gasteiger partial charge is 0.0813 e. The first-order chi connectivity index (χ1) is 8.66. The minimum atomic E-state index is -0.526. The zero-order valence-electron chi connectivity index (χ0n) is 10.0. The van der Waals surface area contributed by atoms with Gasteiger partial charge in [0.2, 0.25) is 0 Å². The molecule has 18 heavy (non-hydrogen) atoms. The summed E-state index contributed by atoms with van der Waals surface area (Å²) in [5.41, 5.74) is 8.43. The van der Waals surface area contributed by atoms with Crippen LogP contribution in [0, 0.1) is 0 Å². The van der Waals surface area contributed by atoms with Crippen molar-refractivity contribution in [2.75, 3.05) is 5.73 Å². The van der Waals surface area contributed by atoms with E-state index in [1.807, 2.05) is 42.5 Å². The highest BCUT2D eigenvalue weighted by Crippen LogP contribution is 2.24. The van der Waals surface area contributed by atoms with Crippen molar-refractivity contribution in [3.63, 3.8) is 0 Å². The molecule has 0 aliphatic rings. The van der Waals surface area contributed by atoms with Crippen LogP contribution < -0.4 is 5.73 Å². The van der Waals surface area contributed by atoms with E-state index in [2.05, 4.69) is 0 Å². The lowest BCUT2D eigenvalue weighted by molar-refractivity contribution is 0.168. The van der Waals surface area contributed by atoms with Crippen molar-refractivity contribution in [1.82, 2.24) is 0 Å². The number of hydrogen-bond donors (Lipinski definition) is 2. The van der Waals surface area contributed by atoms with Gasteiger partial charge in [-0.2, -0.15) is 0 Å². The lowest BCUT2D eigenvalue weighted by Gasteiger charge is -2.13. The molecule has 2 aromatic carbocycles. The van der Waals surface area contributed by atoms with Crippen LogP contribution in [0.5, 0.6) is 0 Å². The Morgan fingerprint density at radius 1 is 1.06 bits per heavy atom. The minimum absolute atomic E-state index is 0.526. The Labute approximate surface area is 112 Å². The van der Waals surface area contributed by atoms with E-state index in [0.717, 1.165) is 22.6 Å². The van der Waals surface area contributed by atoms with Gasteiger partial charge in [-0.1, -0.05) is 41.9 Å². The van der Waals surface area contributed by atoms with Crippen molar-refractivity contribution in [2.45, 2.75) is 18.9 Å². The summed E-state index contributed by atoms with van der Waals surface area (Å²) in [4.78, 5) is 0. The maximum Gasteiger partial charge on any atom is 0.0813 e. The fraction of sp³-hybridized carbons (Fsp3) is 0.200. The number of anilines is 1. The Balaban J connectivity index is 1.98. The zero-order chi connectivity index (χ0) is 13.0. The van der Waals surface area contributed by atoms with Gasteiger partial charge in [0.15, 0.2) is 0 Å². The van der Waals surface area contributed by atoms with Crippen molar-refractivity contribution >= 4 is 17.3 Å². The second-order valence-electron chi connectivity index (χ2n) is 4.31. The standard InChI is InChI=1S/C15H16ClNO/c16-12-8-5-11(6-9-12)7-10-15(18)13-3-1-2-4-14(13)17/h1-6,8-9,15,18H,7,10,17H2/t15-/m0/s1. The third-order valence-electron chi connectivity index (χ3n) is 2.97. The highest BCUT2D eigenvalue weighted by Gasteiger charge is 2.10. The second-order valence-corrected chi connectivity index (χ2v) is 4.75. The molecular weight excluding hydrogens is 246 g/mol. The molecule has 2 aromatic rings. The van der Waals surface area contributed by atoms with Gasteiger partial charge in [-0.25, -0.2) is 0 Å². The molecule has 2 rings (SSSR count). The van der Waals surface area contributed by atoms with Crippen LogP contribution in [0.3, 0.4) is 0 Å². The molecule has 0 saturated carbocycles. The lowest BCUT2D eigenvalue weighted by atomic mass is 10.0. The van der Waals surface area contributed by atoms with Gasteiger partial charge in [-0.15, -0.1) is 0 Å². The Hall–Kier alpha value is -1.51. The van der Waals surface area contributed by atoms with E-state index < -0.39 is 6.10 Å². The minimum Gasteiger partial charge on any atom is -0.398 e. The van der Waals surface area contributed by atoms with Crippen LogP contribution in [0.4, 0.5) is 5.69 Å². The maximum atomic E-state index is 10.1. The molecule has 0 spiro atoms. The van der Waals surface area contributed by atoms with Crippen molar-refractivity contribution in [1.29, 1.82) is 0 Å². The predicted molar refractivity (Wildman–Crippen MR) is 75.6 cm³/mol. The third-order valence-corrected chi connectivity index (χ3v) is 3.23. The maximum absolute atomic E-state index is 10.1. The first-order valence-corrected chi connectivity index (χ1v) is 6.31. The molecule has 0 bridgehead atoms. The van der Waals surface area contributed by atoms with Crippen molar-refractivity contribution in [3.8, 4) is 0 Å². The van der Waals surface area contributed by atoms with Crippen LogP contribution in [0.15, 0.2) is 48.5 Å². The monoisotopic (exact) mass is 261 g/mol. The molecule has 3 heteroatoms. The molecule has 0 radical (unpaired) electrons. The van der Waals surface area contributed by atoms with Gasteiger partial charge in [-0.3, -0.25) is 0 Å². The number of para-hydroxylation sites is 1. The van der Waals surface area contributed by atoms with Gasteiger partial charge in [0.25, 0.3) is 0 Å². The molecule has 0 aliphatic heterocycles. The van der Waals surface area contributed by atoms with Crippen LogP contribution in [0.1, 0.15) is 23.7 Å². The summed E-state index contributed by atoms with van der Waals surface area (Å²) in [6.45, 7) is 0. The summed E-state index contributed by atoms with van der Waals surface area (Å²) in [5, 5.41) is 10.8. The second kappa shape index (κ2) is 5.89. The quantitative estimate of drug-likeness (QED) is 0.827. The van der Waals surface area contributed by atoms with Crippen LogP contribution in [0.2, 0.25) is 5.02 Å². The van der Waals surface area contributed by atoms with Gasteiger partial charge in [-0.05, 0) is 36.6 Å². The highest BCUT2D eigenvalue weighted by atomic mass is 35.5. The molecule has 0 fully saturated rings. The lowest BCUT2D eigenvalue weighted by Crippen LogP contribution is -2.03. The molecule has 0 saturated heterocycles. The number of aliphatic hydroxyl groups is 1. The van der Waals surface area contributed by atoms with E-state index in [4.69, 9.17) is 17.3 Å². The normalized spacial score (nSPS) is 12.3. The summed E-state index contributed by atoms with van der Waals surface area (Å²) in [6, 6.07) is 15.1. The molecule has 0 unspecified atom stereocenters. The topological polar surface area (TPSA) is 46.2 Å². The average molecular weight is 262 g/mol.